The minimum absolute atomic E-state index is 0.180. The molecule has 3 aromatic rings. The van der Waals surface area contributed by atoms with Crippen molar-refractivity contribution in [1.29, 1.82) is 0 Å². The van der Waals surface area contributed by atoms with Gasteiger partial charge in [0.05, 0.1) is 19.3 Å². The van der Waals surface area contributed by atoms with E-state index in [1.165, 1.54) is 11.3 Å². The number of methoxy groups -OCH3 is 1. The van der Waals surface area contributed by atoms with Crippen molar-refractivity contribution in [2.75, 3.05) is 25.5 Å². The summed E-state index contributed by atoms with van der Waals surface area (Å²) in [4.78, 5) is 13.0. The molecule has 7 nitrogen and oxygen atoms in total. The van der Waals surface area contributed by atoms with Crippen LogP contribution in [0.25, 0.3) is 0 Å². The minimum Gasteiger partial charge on any atom is -0.495 e. The van der Waals surface area contributed by atoms with Crippen molar-refractivity contribution >= 4 is 33.0 Å². The van der Waals surface area contributed by atoms with Gasteiger partial charge in [0.1, 0.15) is 9.96 Å². The van der Waals surface area contributed by atoms with Crippen LogP contribution in [0.4, 0.5) is 5.69 Å². The number of hydrogen-bond donors (Lipinski definition) is 2. The molecule has 1 saturated heterocycles. The lowest BCUT2D eigenvalue weighted by molar-refractivity contribution is 0.0951. The maximum absolute atomic E-state index is 13.1. The molecule has 0 aliphatic carbocycles. The Kier molecular flexibility index (Phi) is 7.32. The maximum atomic E-state index is 13.1. The van der Waals surface area contributed by atoms with Crippen LogP contribution in [0.5, 0.6) is 5.75 Å². The Morgan fingerprint density at radius 2 is 1.73 bits per heavy atom. The van der Waals surface area contributed by atoms with E-state index in [9.17, 15) is 13.2 Å². The monoisotopic (exact) mass is 485 g/mol. The fraction of sp³-hybridized carbons (Fsp3) is 0.292. The molecule has 1 aliphatic heterocycles. The number of benzene rings is 2. The summed E-state index contributed by atoms with van der Waals surface area (Å²) in [6.07, 6.45) is 1.42. The van der Waals surface area contributed by atoms with Crippen LogP contribution in [0, 0.1) is 0 Å². The molecule has 4 rings (SSSR count). The van der Waals surface area contributed by atoms with E-state index in [0.29, 0.717) is 42.2 Å². The van der Waals surface area contributed by atoms with Crippen LogP contribution in [-0.4, -0.2) is 44.9 Å². The normalized spacial score (nSPS) is 15.2. The smallest absolute Gasteiger partial charge is 0.252 e. The number of carbonyl (C=O) groups is 1. The molecule has 0 bridgehead atoms. The van der Waals surface area contributed by atoms with Gasteiger partial charge in [0.25, 0.3) is 15.9 Å². The molecule has 0 spiro atoms. The SMILES string of the molecule is COc1ccccc1NC1CCN(S(=O)(=O)c2ccc(CNC(=O)c3ccccc3)s2)CC1. The van der Waals surface area contributed by atoms with Crippen LogP contribution in [0.15, 0.2) is 70.9 Å². The molecule has 1 aromatic heterocycles. The molecule has 2 heterocycles. The van der Waals surface area contributed by atoms with Gasteiger partial charge in [-0.25, -0.2) is 8.42 Å². The largest absolute Gasteiger partial charge is 0.495 e. The Morgan fingerprint density at radius 1 is 1.03 bits per heavy atom. The highest BCUT2D eigenvalue weighted by Gasteiger charge is 2.30. The lowest BCUT2D eigenvalue weighted by Gasteiger charge is -2.32. The van der Waals surface area contributed by atoms with E-state index < -0.39 is 10.0 Å². The first-order chi connectivity index (χ1) is 16.0. The minimum atomic E-state index is -3.55. The first-order valence-electron chi connectivity index (χ1n) is 10.8. The highest BCUT2D eigenvalue weighted by Crippen LogP contribution is 2.29. The third-order valence-corrected chi connectivity index (χ3v) is 9.06. The number of thiophene rings is 1. The van der Waals surface area contributed by atoms with Gasteiger partial charge in [-0.15, -0.1) is 11.3 Å². The van der Waals surface area contributed by atoms with Gasteiger partial charge in [-0.2, -0.15) is 4.31 Å². The second-order valence-corrected chi connectivity index (χ2v) is 11.1. The summed E-state index contributed by atoms with van der Waals surface area (Å²) in [7, 11) is -1.92. The van der Waals surface area contributed by atoms with E-state index in [4.69, 9.17) is 4.74 Å². The van der Waals surface area contributed by atoms with Crippen molar-refractivity contribution in [3.63, 3.8) is 0 Å². The Labute approximate surface area is 198 Å². The summed E-state index contributed by atoms with van der Waals surface area (Å²) >= 11 is 1.20. The Bertz CT molecular complexity index is 1190. The fourth-order valence-electron chi connectivity index (χ4n) is 3.80. The predicted molar refractivity (Wildman–Crippen MR) is 130 cm³/mol. The molecule has 9 heteroatoms. The quantitative estimate of drug-likeness (QED) is 0.504. The van der Waals surface area contributed by atoms with Crippen molar-refractivity contribution in [1.82, 2.24) is 9.62 Å². The van der Waals surface area contributed by atoms with Gasteiger partial charge in [0, 0.05) is 29.6 Å². The number of hydrogen-bond acceptors (Lipinski definition) is 6. The summed E-state index contributed by atoms with van der Waals surface area (Å²) in [5.41, 5.74) is 1.49. The van der Waals surface area contributed by atoms with E-state index in [1.807, 2.05) is 30.3 Å². The summed E-state index contributed by atoms with van der Waals surface area (Å²) in [6, 6.07) is 20.2. The van der Waals surface area contributed by atoms with Gasteiger partial charge in [-0.05, 0) is 49.2 Å². The lowest BCUT2D eigenvalue weighted by atomic mass is 10.1. The number of amides is 1. The van der Waals surface area contributed by atoms with Gasteiger partial charge in [-0.1, -0.05) is 30.3 Å². The van der Waals surface area contributed by atoms with Crippen LogP contribution in [0.3, 0.4) is 0 Å². The van der Waals surface area contributed by atoms with Crippen molar-refractivity contribution in [2.45, 2.75) is 29.6 Å². The zero-order valence-corrected chi connectivity index (χ0v) is 20.0. The Balaban J connectivity index is 1.33. The van der Waals surface area contributed by atoms with Crippen LogP contribution >= 0.6 is 11.3 Å². The zero-order chi connectivity index (χ0) is 23.3. The second kappa shape index (κ2) is 10.4. The Morgan fingerprint density at radius 3 is 2.45 bits per heavy atom. The first kappa shape index (κ1) is 23.3. The number of sulfonamides is 1. The van der Waals surface area contributed by atoms with Gasteiger partial charge < -0.3 is 15.4 Å². The molecular formula is C24H27N3O4S2. The molecule has 2 N–H and O–H groups in total. The molecule has 0 saturated carbocycles. The molecule has 2 aromatic carbocycles. The van der Waals surface area contributed by atoms with Crippen LogP contribution in [0.1, 0.15) is 28.1 Å². The number of anilines is 1. The van der Waals surface area contributed by atoms with Crippen molar-refractivity contribution < 1.29 is 17.9 Å². The van der Waals surface area contributed by atoms with E-state index in [0.717, 1.165) is 16.3 Å². The fourth-order valence-corrected chi connectivity index (χ4v) is 6.72. The lowest BCUT2D eigenvalue weighted by Crippen LogP contribution is -2.42. The van der Waals surface area contributed by atoms with Crippen LogP contribution in [0.2, 0.25) is 0 Å². The Hall–Kier alpha value is -2.88. The van der Waals surface area contributed by atoms with Gasteiger partial charge >= 0.3 is 0 Å². The van der Waals surface area contributed by atoms with Crippen molar-refractivity contribution in [2.24, 2.45) is 0 Å². The number of ether oxygens (including phenoxy) is 1. The third-order valence-electron chi connectivity index (χ3n) is 5.61. The van der Waals surface area contributed by atoms with Gasteiger partial charge in [-0.3, -0.25) is 4.79 Å². The predicted octanol–water partition coefficient (Wildman–Crippen LogP) is 3.95. The average molecular weight is 486 g/mol. The number of piperidine rings is 1. The van der Waals surface area contributed by atoms with E-state index in [-0.39, 0.29) is 11.9 Å². The number of rotatable bonds is 8. The molecular weight excluding hydrogens is 458 g/mol. The standard InChI is InChI=1S/C24H27N3O4S2/c1-31-22-10-6-5-9-21(22)26-19-13-15-27(16-14-19)33(29,30)23-12-11-20(32-23)17-25-24(28)18-7-3-2-4-8-18/h2-12,19,26H,13-17H2,1H3,(H,25,28). The van der Waals surface area contributed by atoms with Gasteiger partial charge in [0.15, 0.2) is 0 Å². The average Bonchev–Trinajstić information content (AvgIpc) is 3.34. The summed E-state index contributed by atoms with van der Waals surface area (Å²) in [6.45, 7) is 1.19. The van der Waals surface area contributed by atoms with Crippen LogP contribution < -0.4 is 15.4 Å². The number of nitrogens with one attached hydrogen (secondary N) is 2. The summed E-state index contributed by atoms with van der Waals surface area (Å²) in [5, 5.41) is 6.32. The topological polar surface area (TPSA) is 87.7 Å². The number of para-hydroxylation sites is 2. The molecule has 33 heavy (non-hydrogen) atoms. The maximum Gasteiger partial charge on any atom is 0.252 e. The van der Waals surface area contributed by atoms with Gasteiger partial charge in [0.2, 0.25) is 0 Å². The van der Waals surface area contributed by atoms with E-state index >= 15 is 0 Å². The third kappa shape index (κ3) is 5.55. The van der Waals surface area contributed by atoms with Crippen LogP contribution in [-0.2, 0) is 16.6 Å². The molecule has 0 radical (unpaired) electrons. The summed E-state index contributed by atoms with van der Waals surface area (Å²) in [5.74, 6) is 0.594. The highest BCUT2D eigenvalue weighted by molar-refractivity contribution is 7.91. The van der Waals surface area contributed by atoms with E-state index in [1.54, 1.807) is 47.8 Å². The molecule has 1 amide bonds. The highest BCUT2D eigenvalue weighted by atomic mass is 32.2. The molecule has 1 aliphatic rings. The first-order valence-corrected chi connectivity index (χ1v) is 13.0. The van der Waals surface area contributed by atoms with Crippen molar-refractivity contribution in [3.05, 3.63) is 77.2 Å². The molecule has 1 fully saturated rings. The number of nitrogens with zero attached hydrogens (tertiary/aromatic N) is 1. The zero-order valence-electron chi connectivity index (χ0n) is 18.4. The molecule has 174 valence electrons. The summed E-state index contributed by atoms with van der Waals surface area (Å²) < 4.78 is 33.5. The number of carbonyl (C=O) groups excluding carboxylic acids is 1. The molecule has 0 atom stereocenters. The van der Waals surface area contributed by atoms with Crippen molar-refractivity contribution in [3.8, 4) is 5.75 Å². The van der Waals surface area contributed by atoms with E-state index in [2.05, 4.69) is 10.6 Å². The molecule has 0 unspecified atom stereocenters. The second-order valence-electron chi connectivity index (χ2n) is 7.79.